The summed E-state index contributed by atoms with van der Waals surface area (Å²) in [4.78, 5) is 27.8. The molecule has 2 rings (SSSR count). The number of anilines is 1. The van der Waals surface area contributed by atoms with Crippen LogP contribution in [0.15, 0.2) is 35.2 Å². The number of amides is 2. The number of nitrogens with one attached hydrogen (secondary N) is 2. The lowest BCUT2D eigenvalue weighted by atomic mass is 10.1. The van der Waals surface area contributed by atoms with Crippen LogP contribution in [0.25, 0.3) is 0 Å². The molecule has 0 radical (unpaired) electrons. The third-order valence-corrected chi connectivity index (χ3v) is 3.10. The summed E-state index contributed by atoms with van der Waals surface area (Å²) in [5, 5.41) is 7.00. The normalized spacial score (nSPS) is 10.1. The first-order valence-electron chi connectivity index (χ1n) is 5.99. The van der Waals surface area contributed by atoms with Crippen molar-refractivity contribution in [1.82, 2.24) is 10.3 Å². The first-order valence-corrected chi connectivity index (χ1v) is 6.93. The smallest absolute Gasteiger partial charge is 0.275 e. The van der Waals surface area contributed by atoms with Crippen molar-refractivity contribution in [2.24, 2.45) is 5.73 Å². The van der Waals surface area contributed by atoms with E-state index in [1.807, 2.05) is 0 Å². The molecule has 0 saturated heterocycles. The highest BCUT2D eigenvalue weighted by atomic mass is 32.1. The van der Waals surface area contributed by atoms with E-state index < -0.39 is 0 Å². The van der Waals surface area contributed by atoms with Gasteiger partial charge in [0.25, 0.3) is 11.8 Å². The SMILES string of the molecule is NCCNC(=O)c1ccccc1NC(=O)c1cscn1. The lowest BCUT2D eigenvalue weighted by Crippen LogP contribution is -2.30. The van der Waals surface area contributed by atoms with Gasteiger partial charge < -0.3 is 16.4 Å². The van der Waals surface area contributed by atoms with Crippen LogP contribution in [0.3, 0.4) is 0 Å². The van der Waals surface area contributed by atoms with E-state index in [2.05, 4.69) is 15.6 Å². The summed E-state index contributed by atoms with van der Waals surface area (Å²) in [6.07, 6.45) is 0. The van der Waals surface area contributed by atoms with Crippen molar-refractivity contribution in [1.29, 1.82) is 0 Å². The third-order valence-electron chi connectivity index (χ3n) is 2.51. The van der Waals surface area contributed by atoms with Crippen molar-refractivity contribution in [3.05, 3.63) is 46.4 Å². The Morgan fingerprint density at radius 3 is 2.75 bits per heavy atom. The fourth-order valence-corrected chi connectivity index (χ4v) is 2.11. The first-order chi connectivity index (χ1) is 9.72. The summed E-state index contributed by atoms with van der Waals surface area (Å²) in [5.41, 5.74) is 8.09. The van der Waals surface area contributed by atoms with E-state index in [-0.39, 0.29) is 11.8 Å². The number of hydrogen-bond donors (Lipinski definition) is 3. The molecule has 0 unspecified atom stereocenters. The number of carbonyl (C=O) groups is 2. The number of carbonyl (C=O) groups excluding carboxylic acids is 2. The van der Waals surface area contributed by atoms with Crippen LogP contribution >= 0.6 is 11.3 Å². The standard InChI is InChI=1S/C13H14N4O2S/c14-5-6-15-12(18)9-3-1-2-4-10(9)17-13(19)11-7-20-8-16-11/h1-4,7-8H,5-6,14H2,(H,15,18)(H,17,19). The van der Waals surface area contributed by atoms with Crippen LogP contribution in [0.2, 0.25) is 0 Å². The van der Waals surface area contributed by atoms with Crippen LogP contribution in [-0.4, -0.2) is 29.9 Å². The molecule has 0 saturated carbocycles. The van der Waals surface area contributed by atoms with Crippen molar-refractivity contribution in [2.75, 3.05) is 18.4 Å². The summed E-state index contributed by atoms with van der Waals surface area (Å²) >= 11 is 1.33. The maximum atomic E-state index is 12.0. The molecular formula is C13H14N4O2S. The zero-order valence-corrected chi connectivity index (χ0v) is 11.4. The minimum Gasteiger partial charge on any atom is -0.351 e. The largest absolute Gasteiger partial charge is 0.351 e. The molecule has 0 aliphatic heterocycles. The summed E-state index contributed by atoms with van der Waals surface area (Å²) in [6, 6.07) is 6.79. The zero-order valence-electron chi connectivity index (χ0n) is 10.6. The molecule has 0 aliphatic carbocycles. The highest BCUT2D eigenvalue weighted by molar-refractivity contribution is 7.07. The second kappa shape index (κ2) is 6.78. The van der Waals surface area contributed by atoms with Gasteiger partial charge in [0.15, 0.2) is 0 Å². The fourth-order valence-electron chi connectivity index (χ4n) is 1.58. The number of rotatable bonds is 5. The summed E-state index contributed by atoms with van der Waals surface area (Å²) < 4.78 is 0. The van der Waals surface area contributed by atoms with Gasteiger partial charge in [-0.2, -0.15) is 0 Å². The van der Waals surface area contributed by atoms with Crippen LogP contribution in [0, 0.1) is 0 Å². The molecule has 0 fully saturated rings. The molecule has 20 heavy (non-hydrogen) atoms. The van der Waals surface area contributed by atoms with E-state index in [1.54, 1.807) is 35.2 Å². The molecule has 0 aliphatic rings. The summed E-state index contributed by atoms with van der Waals surface area (Å²) in [6.45, 7) is 0.742. The lowest BCUT2D eigenvalue weighted by Gasteiger charge is -2.10. The van der Waals surface area contributed by atoms with Gasteiger partial charge in [0.2, 0.25) is 0 Å². The van der Waals surface area contributed by atoms with Crippen LogP contribution < -0.4 is 16.4 Å². The average Bonchev–Trinajstić information content (AvgIpc) is 2.99. The Bertz CT molecular complexity index is 598. The quantitative estimate of drug-likeness (QED) is 0.767. The van der Waals surface area contributed by atoms with Gasteiger partial charge in [-0.15, -0.1) is 11.3 Å². The predicted octanol–water partition coefficient (Wildman–Crippen LogP) is 1.08. The van der Waals surface area contributed by atoms with Gasteiger partial charge in [0.05, 0.1) is 16.8 Å². The second-order valence-corrected chi connectivity index (χ2v) is 4.64. The molecule has 1 aromatic carbocycles. The summed E-state index contributed by atoms with van der Waals surface area (Å²) in [5.74, 6) is -0.616. The van der Waals surface area contributed by atoms with E-state index in [0.29, 0.717) is 30.0 Å². The molecule has 0 spiro atoms. The maximum absolute atomic E-state index is 12.0. The molecule has 0 bridgehead atoms. The van der Waals surface area contributed by atoms with Gasteiger partial charge in [-0.1, -0.05) is 12.1 Å². The minimum absolute atomic E-state index is 0.273. The minimum atomic E-state index is -0.342. The molecule has 7 heteroatoms. The Balaban J connectivity index is 2.15. The van der Waals surface area contributed by atoms with E-state index in [9.17, 15) is 9.59 Å². The molecule has 2 amide bonds. The first kappa shape index (κ1) is 14.2. The number of aromatic nitrogens is 1. The van der Waals surface area contributed by atoms with Crippen molar-refractivity contribution >= 4 is 28.8 Å². The van der Waals surface area contributed by atoms with Gasteiger partial charge >= 0.3 is 0 Å². The van der Waals surface area contributed by atoms with Crippen molar-refractivity contribution in [2.45, 2.75) is 0 Å². The van der Waals surface area contributed by atoms with Gasteiger partial charge in [0.1, 0.15) is 5.69 Å². The maximum Gasteiger partial charge on any atom is 0.275 e. The topological polar surface area (TPSA) is 97.1 Å². The fraction of sp³-hybridized carbons (Fsp3) is 0.154. The lowest BCUT2D eigenvalue weighted by molar-refractivity contribution is 0.0955. The monoisotopic (exact) mass is 290 g/mol. The number of nitrogens with two attached hydrogens (primary N) is 1. The van der Waals surface area contributed by atoms with Gasteiger partial charge in [-0.05, 0) is 12.1 Å². The highest BCUT2D eigenvalue weighted by Gasteiger charge is 2.14. The van der Waals surface area contributed by atoms with Gasteiger partial charge in [-0.25, -0.2) is 4.98 Å². The Kier molecular flexibility index (Phi) is 4.80. The Morgan fingerprint density at radius 2 is 2.05 bits per heavy atom. The number of benzene rings is 1. The van der Waals surface area contributed by atoms with Gasteiger partial charge in [-0.3, -0.25) is 9.59 Å². The van der Waals surface area contributed by atoms with Crippen LogP contribution in [0.4, 0.5) is 5.69 Å². The van der Waals surface area contributed by atoms with Crippen molar-refractivity contribution in [3.8, 4) is 0 Å². The van der Waals surface area contributed by atoms with E-state index in [1.165, 1.54) is 11.3 Å². The van der Waals surface area contributed by atoms with Crippen LogP contribution in [0.1, 0.15) is 20.8 Å². The summed E-state index contributed by atoms with van der Waals surface area (Å²) in [7, 11) is 0. The predicted molar refractivity (Wildman–Crippen MR) is 77.9 cm³/mol. The second-order valence-electron chi connectivity index (χ2n) is 3.92. The van der Waals surface area contributed by atoms with E-state index in [4.69, 9.17) is 5.73 Å². The number of hydrogen-bond acceptors (Lipinski definition) is 5. The average molecular weight is 290 g/mol. The van der Waals surface area contributed by atoms with Crippen LogP contribution in [0.5, 0.6) is 0 Å². The third kappa shape index (κ3) is 3.40. The number of thiazole rings is 1. The van der Waals surface area contributed by atoms with Gasteiger partial charge in [0, 0.05) is 18.5 Å². The molecule has 6 nitrogen and oxygen atoms in total. The molecule has 4 N–H and O–H groups in total. The number of para-hydroxylation sites is 1. The molecule has 1 heterocycles. The Morgan fingerprint density at radius 1 is 1.25 bits per heavy atom. The Labute approximate surface area is 120 Å². The van der Waals surface area contributed by atoms with Crippen molar-refractivity contribution in [3.63, 3.8) is 0 Å². The van der Waals surface area contributed by atoms with E-state index >= 15 is 0 Å². The highest BCUT2D eigenvalue weighted by Crippen LogP contribution is 2.16. The number of nitrogens with zero attached hydrogens (tertiary/aromatic N) is 1. The molecule has 104 valence electrons. The van der Waals surface area contributed by atoms with Crippen LogP contribution in [-0.2, 0) is 0 Å². The zero-order chi connectivity index (χ0) is 14.4. The molecule has 1 aromatic heterocycles. The van der Waals surface area contributed by atoms with Crippen molar-refractivity contribution < 1.29 is 9.59 Å². The molecule has 2 aromatic rings. The molecular weight excluding hydrogens is 276 g/mol. The van der Waals surface area contributed by atoms with E-state index in [0.717, 1.165) is 0 Å². The molecule has 0 atom stereocenters. The Hall–Kier alpha value is -2.25.